The lowest BCUT2D eigenvalue weighted by Crippen LogP contribution is -2.35. The molecule has 0 heterocycles. The molecule has 118 valence electrons. The van der Waals surface area contributed by atoms with Gasteiger partial charge in [0.1, 0.15) is 5.60 Å². The molecule has 0 spiro atoms. The second kappa shape index (κ2) is 9.61. The van der Waals surface area contributed by atoms with Gasteiger partial charge in [-0.05, 0) is 46.0 Å². The first-order valence-electron chi connectivity index (χ1n) is 7.32. The third-order valence-electron chi connectivity index (χ3n) is 2.85. The Labute approximate surface area is 122 Å². The number of carbonyl (C=O) groups is 2. The van der Waals surface area contributed by atoms with E-state index in [0.717, 1.165) is 25.7 Å². The van der Waals surface area contributed by atoms with Crippen LogP contribution in [0.2, 0.25) is 0 Å². The van der Waals surface area contributed by atoms with Crippen LogP contribution in [0.15, 0.2) is 0 Å². The molecule has 0 aromatic carbocycles. The van der Waals surface area contributed by atoms with Gasteiger partial charge < -0.3 is 14.8 Å². The van der Waals surface area contributed by atoms with Crippen LogP contribution in [0.3, 0.4) is 0 Å². The first-order valence-corrected chi connectivity index (χ1v) is 7.32. The molecule has 0 aliphatic carbocycles. The van der Waals surface area contributed by atoms with Crippen molar-refractivity contribution in [1.29, 1.82) is 0 Å². The summed E-state index contributed by atoms with van der Waals surface area (Å²) in [6.07, 6.45) is 3.82. The van der Waals surface area contributed by atoms with Gasteiger partial charge in [0.2, 0.25) is 0 Å². The highest BCUT2D eigenvalue weighted by Crippen LogP contribution is 2.15. The largest absolute Gasteiger partial charge is 0.469 e. The first-order chi connectivity index (χ1) is 9.28. The highest BCUT2D eigenvalue weighted by atomic mass is 16.6. The first kappa shape index (κ1) is 18.7. The molecule has 1 unspecified atom stereocenters. The summed E-state index contributed by atoms with van der Waals surface area (Å²) in [5, 5.41) is 2.80. The van der Waals surface area contributed by atoms with E-state index in [2.05, 4.69) is 17.0 Å². The molecule has 1 amide bonds. The normalized spacial score (nSPS) is 12.7. The zero-order valence-corrected chi connectivity index (χ0v) is 13.5. The quantitative estimate of drug-likeness (QED) is 0.696. The van der Waals surface area contributed by atoms with Gasteiger partial charge in [-0.25, -0.2) is 4.79 Å². The van der Waals surface area contributed by atoms with Crippen molar-refractivity contribution in [3.8, 4) is 0 Å². The molecule has 0 aromatic heterocycles. The van der Waals surface area contributed by atoms with E-state index in [9.17, 15) is 9.59 Å². The highest BCUT2D eigenvalue weighted by molar-refractivity contribution is 5.69. The van der Waals surface area contributed by atoms with E-state index in [1.54, 1.807) is 0 Å². The molecule has 0 radical (unpaired) electrons. The Kier molecular flexibility index (Phi) is 9.01. The van der Waals surface area contributed by atoms with E-state index in [0.29, 0.717) is 18.9 Å². The lowest BCUT2D eigenvalue weighted by Gasteiger charge is -2.21. The lowest BCUT2D eigenvalue weighted by molar-refractivity contribution is -0.140. The molecule has 20 heavy (non-hydrogen) atoms. The fourth-order valence-corrected chi connectivity index (χ4v) is 1.94. The molecule has 0 aliphatic heterocycles. The Morgan fingerprint density at radius 2 is 1.85 bits per heavy atom. The maximum absolute atomic E-state index is 11.6. The van der Waals surface area contributed by atoms with Crippen LogP contribution < -0.4 is 5.32 Å². The maximum Gasteiger partial charge on any atom is 0.407 e. The number of methoxy groups -OCH3 is 1. The number of hydrogen-bond acceptors (Lipinski definition) is 4. The van der Waals surface area contributed by atoms with Crippen molar-refractivity contribution in [3.05, 3.63) is 0 Å². The molecule has 0 rings (SSSR count). The van der Waals surface area contributed by atoms with Crippen molar-refractivity contribution in [2.45, 2.75) is 65.4 Å². The number of nitrogens with one attached hydrogen (secondary N) is 1. The smallest absolute Gasteiger partial charge is 0.407 e. The number of ether oxygens (including phenoxy) is 2. The molecule has 0 aliphatic rings. The predicted octanol–water partition coefficient (Wildman–Crippen LogP) is 3.27. The molecule has 0 bridgehead atoms. The highest BCUT2D eigenvalue weighted by Gasteiger charge is 2.17. The van der Waals surface area contributed by atoms with Gasteiger partial charge >= 0.3 is 12.1 Å². The summed E-state index contributed by atoms with van der Waals surface area (Å²) in [7, 11) is 1.40. The zero-order valence-electron chi connectivity index (χ0n) is 13.5. The number of alkyl carbamates (subject to hydrolysis) is 1. The van der Waals surface area contributed by atoms with E-state index >= 15 is 0 Å². The Morgan fingerprint density at radius 1 is 1.20 bits per heavy atom. The number of amides is 1. The van der Waals surface area contributed by atoms with Crippen LogP contribution in [0.25, 0.3) is 0 Å². The fraction of sp³-hybridized carbons (Fsp3) is 0.867. The molecule has 1 N–H and O–H groups in total. The van der Waals surface area contributed by atoms with Crippen molar-refractivity contribution < 1.29 is 19.1 Å². The monoisotopic (exact) mass is 287 g/mol. The minimum absolute atomic E-state index is 0.180. The molecule has 5 heteroatoms. The Morgan fingerprint density at radius 3 is 2.35 bits per heavy atom. The number of esters is 1. The molecular weight excluding hydrogens is 258 g/mol. The summed E-state index contributed by atoms with van der Waals surface area (Å²) in [5.74, 6) is 0.192. The second-order valence-corrected chi connectivity index (χ2v) is 6.01. The van der Waals surface area contributed by atoms with E-state index in [-0.39, 0.29) is 12.1 Å². The SMILES string of the molecule is CCCC(CCCC(=O)OC)CNC(=O)OC(C)(C)C. The van der Waals surface area contributed by atoms with Gasteiger partial charge in [-0.15, -0.1) is 0 Å². The third-order valence-corrected chi connectivity index (χ3v) is 2.85. The van der Waals surface area contributed by atoms with Crippen LogP contribution in [-0.4, -0.2) is 31.3 Å². The molecule has 5 nitrogen and oxygen atoms in total. The van der Waals surface area contributed by atoms with Gasteiger partial charge in [-0.3, -0.25) is 4.79 Å². The summed E-state index contributed by atoms with van der Waals surface area (Å²) in [4.78, 5) is 22.7. The van der Waals surface area contributed by atoms with Crippen molar-refractivity contribution in [2.24, 2.45) is 5.92 Å². The van der Waals surface area contributed by atoms with Gasteiger partial charge in [0.05, 0.1) is 7.11 Å². The lowest BCUT2D eigenvalue weighted by atomic mass is 9.97. The molecule has 0 saturated carbocycles. The standard InChI is InChI=1S/C15H29NO4/c1-6-8-12(9-7-10-13(17)19-5)11-16-14(18)20-15(2,3)4/h12H,6-11H2,1-5H3,(H,16,18). The van der Waals surface area contributed by atoms with Crippen molar-refractivity contribution >= 4 is 12.1 Å². The summed E-state index contributed by atoms with van der Waals surface area (Å²) in [6, 6.07) is 0. The second-order valence-electron chi connectivity index (χ2n) is 6.01. The summed E-state index contributed by atoms with van der Waals surface area (Å²) in [6.45, 7) is 8.22. The maximum atomic E-state index is 11.6. The van der Waals surface area contributed by atoms with Crippen molar-refractivity contribution in [1.82, 2.24) is 5.32 Å². The van der Waals surface area contributed by atoms with Crippen LogP contribution in [0.4, 0.5) is 4.79 Å². The number of rotatable bonds is 8. The molecular formula is C15H29NO4. The van der Waals surface area contributed by atoms with E-state index in [1.165, 1.54) is 7.11 Å². The third kappa shape index (κ3) is 10.6. The van der Waals surface area contributed by atoms with Crippen LogP contribution in [0.5, 0.6) is 0 Å². The van der Waals surface area contributed by atoms with E-state index in [4.69, 9.17) is 4.74 Å². The van der Waals surface area contributed by atoms with Crippen LogP contribution in [0, 0.1) is 5.92 Å². The van der Waals surface area contributed by atoms with E-state index in [1.807, 2.05) is 20.8 Å². The molecule has 1 atom stereocenters. The van der Waals surface area contributed by atoms with Gasteiger partial charge in [0.15, 0.2) is 0 Å². The van der Waals surface area contributed by atoms with Crippen LogP contribution in [-0.2, 0) is 14.3 Å². The number of carbonyl (C=O) groups excluding carboxylic acids is 2. The Hall–Kier alpha value is -1.26. The van der Waals surface area contributed by atoms with Crippen molar-refractivity contribution in [3.63, 3.8) is 0 Å². The Bertz CT molecular complexity index is 297. The minimum atomic E-state index is -0.477. The van der Waals surface area contributed by atoms with Gasteiger partial charge in [-0.2, -0.15) is 0 Å². The number of hydrogen-bond donors (Lipinski definition) is 1. The average molecular weight is 287 g/mol. The average Bonchev–Trinajstić information content (AvgIpc) is 2.33. The minimum Gasteiger partial charge on any atom is -0.469 e. The van der Waals surface area contributed by atoms with Crippen LogP contribution in [0.1, 0.15) is 59.8 Å². The van der Waals surface area contributed by atoms with Crippen LogP contribution >= 0.6 is 0 Å². The Balaban J connectivity index is 4.01. The fourth-order valence-electron chi connectivity index (χ4n) is 1.94. The topological polar surface area (TPSA) is 64.6 Å². The summed E-state index contributed by atoms with van der Waals surface area (Å²) >= 11 is 0. The van der Waals surface area contributed by atoms with Gasteiger partial charge in [0.25, 0.3) is 0 Å². The van der Waals surface area contributed by atoms with E-state index < -0.39 is 5.60 Å². The summed E-state index contributed by atoms with van der Waals surface area (Å²) < 4.78 is 9.82. The molecule has 0 saturated heterocycles. The molecule has 0 fully saturated rings. The zero-order chi connectivity index (χ0) is 15.6. The summed E-state index contributed by atoms with van der Waals surface area (Å²) in [5.41, 5.74) is -0.477. The van der Waals surface area contributed by atoms with Gasteiger partial charge in [0, 0.05) is 13.0 Å². The molecule has 0 aromatic rings. The predicted molar refractivity (Wildman–Crippen MR) is 78.5 cm³/mol. The van der Waals surface area contributed by atoms with Crippen molar-refractivity contribution in [2.75, 3.05) is 13.7 Å². The van der Waals surface area contributed by atoms with Gasteiger partial charge in [-0.1, -0.05) is 13.3 Å².